The van der Waals surface area contributed by atoms with Crippen LogP contribution in [0.3, 0.4) is 0 Å². The maximum atomic E-state index is 11.9. The first-order chi connectivity index (χ1) is 9.61. The second-order valence-electron chi connectivity index (χ2n) is 4.95. The van der Waals surface area contributed by atoms with Gasteiger partial charge in [-0.15, -0.1) is 0 Å². The third-order valence-corrected chi connectivity index (χ3v) is 3.71. The first kappa shape index (κ1) is 15.1. The second-order valence-corrected chi connectivity index (χ2v) is 5.34. The molecule has 2 rings (SSSR count). The number of nitrogens with one attached hydrogen (secondary N) is 1. The van der Waals surface area contributed by atoms with Crippen LogP contribution in [0.5, 0.6) is 0 Å². The Kier molecular flexibility index (Phi) is 5.20. The highest BCUT2D eigenvalue weighted by Gasteiger charge is 2.24. The summed E-state index contributed by atoms with van der Waals surface area (Å²) in [6.07, 6.45) is 4.22. The number of rotatable bonds is 4. The van der Waals surface area contributed by atoms with Crippen LogP contribution < -0.4 is 11.1 Å². The van der Waals surface area contributed by atoms with Crippen molar-refractivity contribution in [3.8, 4) is 0 Å². The third-order valence-electron chi connectivity index (χ3n) is 3.50. The molecule has 1 aliphatic rings. The van der Waals surface area contributed by atoms with Gasteiger partial charge in [-0.1, -0.05) is 24.4 Å². The lowest BCUT2D eigenvalue weighted by Crippen LogP contribution is -2.43. The number of nitrogens with zero attached hydrogens (tertiary/aromatic N) is 1. The van der Waals surface area contributed by atoms with Gasteiger partial charge >= 0.3 is 5.97 Å². The van der Waals surface area contributed by atoms with Crippen LogP contribution in [0.15, 0.2) is 12.1 Å². The Morgan fingerprint density at radius 1 is 1.50 bits per heavy atom. The average Bonchev–Trinajstić information content (AvgIpc) is 2.42. The smallest absolute Gasteiger partial charge is 0.341 e. The van der Waals surface area contributed by atoms with Gasteiger partial charge in [0.05, 0.1) is 6.61 Å². The predicted octanol–water partition coefficient (Wildman–Crippen LogP) is 2.59. The quantitative estimate of drug-likeness (QED) is 0.660. The highest BCUT2D eigenvalue weighted by molar-refractivity contribution is 6.29. The van der Waals surface area contributed by atoms with E-state index >= 15 is 0 Å². The summed E-state index contributed by atoms with van der Waals surface area (Å²) in [7, 11) is 0. The van der Waals surface area contributed by atoms with Crippen LogP contribution in [0, 0.1) is 0 Å². The molecule has 20 heavy (non-hydrogen) atoms. The Balaban J connectivity index is 2.20. The van der Waals surface area contributed by atoms with Gasteiger partial charge in [-0.25, -0.2) is 9.78 Å². The van der Waals surface area contributed by atoms with Gasteiger partial charge in [0.1, 0.15) is 16.5 Å². The molecule has 5 nitrogen and oxygen atoms in total. The fourth-order valence-corrected chi connectivity index (χ4v) is 2.58. The minimum absolute atomic E-state index is 0.0691. The minimum atomic E-state index is -0.399. The number of anilines is 1. The van der Waals surface area contributed by atoms with Crippen molar-refractivity contribution in [1.29, 1.82) is 0 Å². The van der Waals surface area contributed by atoms with Gasteiger partial charge in [0.2, 0.25) is 0 Å². The number of hydrogen-bond acceptors (Lipinski definition) is 5. The van der Waals surface area contributed by atoms with Gasteiger partial charge in [-0.3, -0.25) is 0 Å². The maximum absolute atomic E-state index is 11.9. The van der Waals surface area contributed by atoms with E-state index in [9.17, 15) is 4.79 Å². The van der Waals surface area contributed by atoms with Gasteiger partial charge in [0, 0.05) is 12.1 Å². The number of esters is 1. The Hall–Kier alpha value is -1.33. The molecule has 110 valence electrons. The largest absolute Gasteiger partial charge is 0.462 e. The van der Waals surface area contributed by atoms with Crippen molar-refractivity contribution in [3.63, 3.8) is 0 Å². The molecule has 0 spiro atoms. The normalized spacial score (nSPS) is 22.4. The number of ether oxygens (including phenoxy) is 1. The zero-order chi connectivity index (χ0) is 14.5. The molecule has 0 aromatic carbocycles. The number of pyridine rings is 1. The second kappa shape index (κ2) is 6.90. The standard InChI is InChI=1S/C14H20ClN3O2/c1-2-20-14(19)9-7-8-12(15)18-13(9)17-11-6-4-3-5-10(11)16/h7-8,10-11H,2-6,16H2,1H3,(H,17,18)/t10-,11-/m0/s1. The van der Waals surface area contributed by atoms with Crippen molar-refractivity contribution in [2.45, 2.75) is 44.7 Å². The summed E-state index contributed by atoms with van der Waals surface area (Å²) in [6, 6.07) is 3.39. The SMILES string of the molecule is CCOC(=O)c1ccc(Cl)nc1N[C@H]1CCCC[C@@H]1N. The van der Waals surface area contributed by atoms with Gasteiger partial charge in [0.15, 0.2) is 0 Å². The molecule has 0 aliphatic heterocycles. The Morgan fingerprint density at radius 3 is 2.95 bits per heavy atom. The first-order valence-corrected chi connectivity index (χ1v) is 7.35. The number of halogens is 1. The Bertz CT molecular complexity index is 481. The summed E-state index contributed by atoms with van der Waals surface area (Å²) in [4.78, 5) is 16.1. The van der Waals surface area contributed by atoms with Gasteiger partial charge < -0.3 is 15.8 Å². The molecule has 0 amide bonds. The van der Waals surface area contributed by atoms with Crippen LogP contribution in [0.4, 0.5) is 5.82 Å². The van der Waals surface area contributed by atoms with E-state index in [4.69, 9.17) is 22.1 Å². The van der Waals surface area contributed by atoms with Crippen LogP contribution in [0.2, 0.25) is 5.15 Å². The molecule has 0 unspecified atom stereocenters. The number of nitrogens with two attached hydrogens (primary N) is 1. The first-order valence-electron chi connectivity index (χ1n) is 6.97. The van der Waals surface area contributed by atoms with Gasteiger partial charge in [-0.2, -0.15) is 0 Å². The summed E-state index contributed by atoms with van der Waals surface area (Å²) in [5, 5.41) is 3.60. The molecular weight excluding hydrogens is 278 g/mol. The van der Waals surface area contributed by atoms with Crippen LogP contribution in [-0.2, 0) is 4.74 Å². The van der Waals surface area contributed by atoms with Crippen molar-refractivity contribution in [1.82, 2.24) is 4.98 Å². The molecule has 6 heteroatoms. The van der Waals surface area contributed by atoms with E-state index in [1.54, 1.807) is 19.1 Å². The average molecular weight is 298 g/mol. The molecule has 3 N–H and O–H groups in total. The lowest BCUT2D eigenvalue weighted by atomic mass is 9.91. The van der Waals surface area contributed by atoms with Crippen molar-refractivity contribution < 1.29 is 9.53 Å². The number of carbonyl (C=O) groups excluding carboxylic acids is 1. The molecule has 1 aromatic heterocycles. The topological polar surface area (TPSA) is 77.2 Å². The van der Waals surface area contributed by atoms with Crippen LogP contribution in [-0.4, -0.2) is 29.6 Å². The molecule has 0 radical (unpaired) electrons. The van der Waals surface area contributed by atoms with Crippen LogP contribution >= 0.6 is 11.6 Å². The highest BCUT2D eigenvalue weighted by Crippen LogP contribution is 2.24. The minimum Gasteiger partial charge on any atom is -0.462 e. The zero-order valence-corrected chi connectivity index (χ0v) is 12.3. The Morgan fingerprint density at radius 2 is 2.25 bits per heavy atom. The summed E-state index contributed by atoms with van der Waals surface area (Å²) < 4.78 is 5.03. The molecule has 0 bridgehead atoms. The van der Waals surface area contributed by atoms with E-state index in [0.29, 0.717) is 23.1 Å². The zero-order valence-electron chi connectivity index (χ0n) is 11.6. The highest BCUT2D eigenvalue weighted by atomic mass is 35.5. The maximum Gasteiger partial charge on any atom is 0.341 e. The Labute approximate surface area is 123 Å². The van der Waals surface area contributed by atoms with E-state index in [-0.39, 0.29) is 12.1 Å². The summed E-state index contributed by atoms with van der Waals surface area (Å²) in [5.41, 5.74) is 6.51. The van der Waals surface area contributed by atoms with Crippen molar-refractivity contribution >= 4 is 23.4 Å². The van der Waals surface area contributed by atoms with Crippen LogP contribution in [0.25, 0.3) is 0 Å². The van der Waals surface area contributed by atoms with Gasteiger partial charge in [0.25, 0.3) is 0 Å². The lowest BCUT2D eigenvalue weighted by molar-refractivity contribution is 0.0527. The summed E-state index contributed by atoms with van der Waals surface area (Å²) in [6.45, 7) is 2.09. The fourth-order valence-electron chi connectivity index (χ4n) is 2.43. The van der Waals surface area contributed by atoms with Crippen LogP contribution in [0.1, 0.15) is 43.0 Å². The molecule has 1 saturated carbocycles. The van der Waals surface area contributed by atoms with E-state index < -0.39 is 5.97 Å². The molecule has 1 fully saturated rings. The number of carbonyl (C=O) groups is 1. The van der Waals surface area contributed by atoms with Crippen molar-refractivity contribution in [3.05, 3.63) is 22.8 Å². The lowest BCUT2D eigenvalue weighted by Gasteiger charge is -2.30. The van der Waals surface area contributed by atoms with E-state index in [1.807, 2.05) is 0 Å². The monoisotopic (exact) mass is 297 g/mol. The summed E-state index contributed by atoms with van der Waals surface area (Å²) in [5.74, 6) is 0.0573. The van der Waals surface area contributed by atoms with Crippen molar-refractivity contribution in [2.75, 3.05) is 11.9 Å². The van der Waals surface area contributed by atoms with Gasteiger partial charge in [-0.05, 0) is 31.9 Å². The third kappa shape index (κ3) is 3.61. The molecule has 1 heterocycles. The predicted molar refractivity (Wildman–Crippen MR) is 79.1 cm³/mol. The molecule has 1 aromatic rings. The molecular formula is C14H20ClN3O2. The van der Waals surface area contributed by atoms with E-state index in [0.717, 1.165) is 25.7 Å². The number of aromatic nitrogens is 1. The number of hydrogen-bond donors (Lipinski definition) is 2. The fraction of sp³-hybridized carbons (Fsp3) is 0.571. The summed E-state index contributed by atoms with van der Waals surface area (Å²) >= 11 is 5.92. The van der Waals surface area contributed by atoms with E-state index in [1.165, 1.54) is 0 Å². The van der Waals surface area contributed by atoms with Crippen molar-refractivity contribution in [2.24, 2.45) is 5.73 Å². The molecule has 1 aliphatic carbocycles. The van der Waals surface area contributed by atoms with E-state index in [2.05, 4.69) is 10.3 Å². The molecule has 0 saturated heterocycles. The molecule has 2 atom stereocenters.